The lowest BCUT2D eigenvalue weighted by atomic mass is 10.1. The Kier molecular flexibility index (Phi) is 9.27. The van der Waals surface area contributed by atoms with Gasteiger partial charge in [0.2, 0.25) is 15.9 Å². The molecule has 246 valence electrons. The number of anilines is 2. The van der Waals surface area contributed by atoms with Gasteiger partial charge in [0.15, 0.2) is 5.65 Å². The summed E-state index contributed by atoms with van der Waals surface area (Å²) in [5, 5.41) is 6.70. The first-order valence-corrected chi connectivity index (χ1v) is 18.1. The average Bonchev–Trinajstić information content (AvgIpc) is 3.75. The van der Waals surface area contributed by atoms with Crippen LogP contribution in [0.15, 0.2) is 34.9 Å². The molecule has 2 saturated heterocycles. The van der Waals surface area contributed by atoms with Crippen molar-refractivity contribution in [2.45, 2.75) is 40.2 Å². The summed E-state index contributed by atoms with van der Waals surface area (Å²) in [7, 11) is -1.13. The van der Waals surface area contributed by atoms with Crippen molar-refractivity contribution in [1.29, 1.82) is 0 Å². The maximum absolute atomic E-state index is 13.0. The molecule has 6 rings (SSSR count). The zero-order valence-corrected chi connectivity index (χ0v) is 29.4. The van der Waals surface area contributed by atoms with Crippen molar-refractivity contribution in [3.8, 4) is 17.1 Å². The van der Waals surface area contributed by atoms with Crippen molar-refractivity contribution in [2.75, 3.05) is 69.2 Å². The summed E-state index contributed by atoms with van der Waals surface area (Å²) in [6.45, 7) is 12.9. The summed E-state index contributed by atoms with van der Waals surface area (Å²) in [6.07, 6.45) is 2.44. The third kappa shape index (κ3) is 6.45. The van der Waals surface area contributed by atoms with Crippen molar-refractivity contribution in [2.24, 2.45) is 0 Å². The Labute approximate surface area is 278 Å². The molecule has 5 heterocycles. The number of imidazole rings is 1. The standard InChI is InChI=1S/C32H42BrN9O3S/c1-6-46(44,45)41-11-10-23(18-41)35-29-25(33)17-34-32-30(29)37-31(38-32)24-16-20(2)42(22(24)4)27-9-7-8-26(21(27)3)36-28(43)19-40-14-12-39(5)13-15-40/h7-9,16-17,23H,6,10-15,18-19H2,1-5H3,(H,36,43)(H2,34,35,37,38). The van der Waals surface area contributed by atoms with Gasteiger partial charge < -0.3 is 25.1 Å². The summed E-state index contributed by atoms with van der Waals surface area (Å²) in [5.41, 5.74) is 7.91. The van der Waals surface area contributed by atoms with Crippen LogP contribution in [0.5, 0.6) is 0 Å². The van der Waals surface area contributed by atoms with Crippen molar-refractivity contribution in [1.82, 2.24) is 33.6 Å². The highest BCUT2D eigenvalue weighted by Crippen LogP contribution is 2.35. The molecule has 2 fully saturated rings. The van der Waals surface area contributed by atoms with E-state index in [1.165, 1.54) is 0 Å². The molecule has 0 bridgehead atoms. The average molecular weight is 713 g/mol. The Bertz CT molecular complexity index is 1880. The molecule has 3 N–H and O–H groups in total. The van der Waals surface area contributed by atoms with Gasteiger partial charge in [-0.1, -0.05) is 6.07 Å². The van der Waals surface area contributed by atoms with Crippen LogP contribution in [0.1, 0.15) is 30.3 Å². The predicted octanol–water partition coefficient (Wildman–Crippen LogP) is 4.13. The normalized spacial score (nSPS) is 18.4. The highest BCUT2D eigenvalue weighted by Gasteiger charge is 2.31. The second kappa shape index (κ2) is 13.1. The summed E-state index contributed by atoms with van der Waals surface area (Å²) in [5.74, 6) is 0.786. The lowest BCUT2D eigenvalue weighted by Crippen LogP contribution is -2.47. The Morgan fingerprint density at radius 1 is 1.13 bits per heavy atom. The monoisotopic (exact) mass is 711 g/mol. The number of likely N-dealkylation sites (N-methyl/N-ethyl adjacent to an activating group) is 1. The number of carbonyl (C=O) groups is 1. The minimum atomic E-state index is -3.23. The number of carbonyl (C=O) groups excluding carboxylic acids is 1. The Hall–Kier alpha value is -3.30. The number of benzene rings is 1. The third-order valence-electron chi connectivity index (χ3n) is 9.20. The van der Waals surface area contributed by atoms with Gasteiger partial charge in [-0.25, -0.2) is 18.4 Å². The van der Waals surface area contributed by atoms with Gasteiger partial charge in [-0.2, -0.15) is 4.31 Å². The lowest BCUT2D eigenvalue weighted by Gasteiger charge is -2.31. The van der Waals surface area contributed by atoms with Gasteiger partial charge in [0, 0.05) is 74.1 Å². The summed E-state index contributed by atoms with van der Waals surface area (Å²) in [4.78, 5) is 30.4. The molecule has 4 aromatic rings. The second-order valence-corrected chi connectivity index (χ2v) is 15.5. The van der Waals surface area contributed by atoms with Crippen LogP contribution >= 0.6 is 15.9 Å². The fourth-order valence-corrected chi connectivity index (χ4v) is 8.03. The molecule has 0 saturated carbocycles. The number of rotatable bonds is 9. The fraction of sp³-hybridized carbons (Fsp3) is 0.469. The molecule has 1 aromatic carbocycles. The number of amides is 1. The molecule has 0 radical (unpaired) electrons. The molecule has 14 heteroatoms. The maximum Gasteiger partial charge on any atom is 0.238 e. The van der Waals surface area contributed by atoms with Crippen LogP contribution in [0.2, 0.25) is 0 Å². The van der Waals surface area contributed by atoms with Crippen molar-refractivity contribution < 1.29 is 13.2 Å². The van der Waals surface area contributed by atoms with E-state index in [0.29, 0.717) is 37.5 Å². The topological polar surface area (TPSA) is 131 Å². The number of halogens is 1. The number of sulfonamides is 1. The van der Waals surface area contributed by atoms with Crippen LogP contribution in [-0.4, -0.2) is 113 Å². The molecule has 2 aliphatic heterocycles. The summed E-state index contributed by atoms with van der Waals surface area (Å²) in [6, 6.07) is 8.07. The molecular formula is C32H42BrN9O3S. The van der Waals surface area contributed by atoms with Gasteiger partial charge in [0.05, 0.1) is 28.1 Å². The van der Waals surface area contributed by atoms with Crippen LogP contribution in [0.25, 0.3) is 28.2 Å². The largest absolute Gasteiger partial charge is 0.378 e. The number of aryl methyl sites for hydroxylation is 1. The van der Waals surface area contributed by atoms with E-state index in [1.807, 2.05) is 19.1 Å². The van der Waals surface area contributed by atoms with E-state index < -0.39 is 10.0 Å². The van der Waals surface area contributed by atoms with Crippen molar-refractivity contribution in [3.05, 3.63) is 51.9 Å². The number of fused-ring (bicyclic) bond motifs is 1. The number of piperazine rings is 1. The molecule has 0 spiro atoms. The highest BCUT2D eigenvalue weighted by molar-refractivity contribution is 9.10. The van der Waals surface area contributed by atoms with E-state index in [-0.39, 0.29) is 17.7 Å². The third-order valence-corrected chi connectivity index (χ3v) is 11.7. The molecule has 1 unspecified atom stereocenters. The van der Waals surface area contributed by atoms with Crippen LogP contribution in [0.3, 0.4) is 0 Å². The van der Waals surface area contributed by atoms with Crippen LogP contribution in [0.4, 0.5) is 11.4 Å². The van der Waals surface area contributed by atoms with Gasteiger partial charge >= 0.3 is 0 Å². The minimum absolute atomic E-state index is 0.00547. The molecule has 12 nitrogen and oxygen atoms in total. The molecule has 3 aromatic heterocycles. The maximum atomic E-state index is 13.0. The van der Waals surface area contributed by atoms with E-state index in [4.69, 9.17) is 4.98 Å². The van der Waals surface area contributed by atoms with E-state index in [1.54, 1.807) is 17.4 Å². The molecule has 1 atom stereocenters. The minimum Gasteiger partial charge on any atom is -0.378 e. The van der Waals surface area contributed by atoms with E-state index >= 15 is 0 Å². The Morgan fingerprint density at radius 2 is 1.89 bits per heavy atom. The molecule has 0 aliphatic carbocycles. The van der Waals surface area contributed by atoms with Gasteiger partial charge in [-0.05, 0) is 80.9 Å². The lowest BCUT2D eigenvalue weighted by molar-refractivity contribution is -0.117. The fourth-order valence-electron chi connectivity index (χ4n) is 6.46. The number of nitrogens with zero attached hydrogens (tertiary/aromatic N) is 6. The second-order valence-electron chi connectivity index (χ2n) is 12.4. The van der Waals surface area contributed by atoms with E-state index in [2.05, 4.69) is 83.9 Å². The highest BCUT2D eigenvalue weighted by atomic mass is 79.9. The van der Waals surface area contributed by atoms with Gasteiger partial charge in [-0.3, -0.25) is 9.69 Å². The first-order valence-electron chi connectivity index (χ1n) is 15.7. The molecular weight excluding hydrogens is 670 g/mol. The molecule has 1 amide bonds. The van der Waals surface area contributed by atoms with Gasteiger partial charge in [0.25, 0.3) is 0 Å². The Morgan fingerprint density at radius 3 is 2.63 bits per heavy atom. The number of hydrogen-bond donors (Lipinski definition) is 3. The Balaban J connectivity index is 1.25. The molecule has 2 aliphatic rings. The number of H-pyrrole nitrogens is 1. The van der Waals surface area contributed by atoms with Gasteiger partial charge in [-0.15, -0.1) is 0 Å². The number of aromatic nitrogens is 4. The summed E-state index contributed by atoms with van der Waals surface area (Å²) < 4.78 is 29.3. The predicted molar refractivity (Wildman–Crippen MR) is 186 cm³/mol. The number of pyridine rings is 1. The zero-order chi connectivity index (χ0) is 32.7. The first kappa shape index (κ1) is 32.6. The smallest absolute Gasteiger partial charge is 0.238 e. The van der Waals surface area contributed by atoms with E-state index in [9.17, 15) is 13.2 Å². The first-order chi connectivity index (χ1) is 21.9. The summed E-state index contributed by atoms with van der Waals surface area (Å²) >= 11 is 3.64. The van der Waals surface area contributed by atoms with Crippen LogP contribution in [-0.2, 0) is 14.8 Å². The van der Waals surface area contributed by atoms with Crippen molar-refractivity contribution in [3.63, 3.8) is 0 Å². The number of hydrogen-bond acceptors (Lipinski definition) is 8. The number of nitrogens with one attached hydrogen (secondary N) is 3. The van der Waals surface area contributed by atoms with Crippen LogP contribution in [0, 0.1) is 20.8 Å². The SMILES string of the molecule is CCS(=O)(=O)N1CCC(Nc2c(Br)cnc3nc(-c4cc(C)n(-c5cccc(NC(=O)CN6CCN(C)CC6)c5C)c4C)[nH]c23)C1. The quantitative estimate of drug-likeness (QED) is 0.236. The number of aromatic amines is 1. The van der Waals surface area contributed by atoms with Crippen LogP contribution < -0.4 is 10.6 Å². The van der Waals surface area contributed by atoms with Crippen molar-refractivity contribution >= 4 is 54.4 Å². The molecule has 46 heavy (non-hydrogen) atoms. The zero-order valence-electron chi connectivity index (χ0n) is 27.0. The van der Waals surface area contributed by atoms with Gasteiger partial charge in [0.1, 0.15) is 11.3 Å². The van der Waals surface area contributed by atoms with E-state index in [0.717, 1.165) is 75.7 Å².